The molecule has 134 valence electrons. The van der Waals surface area contributed by atoms with Crippen molar-refractivity contribution < 1.29 is 13.2 Å². The zero-order valence-corrected chi connectivity index (χ0v) is 15.9. The Bertz CT molecular complexity index is 947. The number of rotatable bonds is 3. The van der Waals surface area contributed by atoms with Crippen LogP contribution in [0.1, 0.15) is 5.56 Å². The summed E-state index contributed by atoms with van der Waals surface area (Å²) >= 11 is 15.3. The summed E-state index contributed by atoms with van der Waals surface area (Å²) < 4.78 is 38.8. The highest BCUT2D eigenvalue weighted by Crippen LogP contribution is 2.32. The molecule has 0 saturated carbocycles. The zero-order chi connectivity index (χ0) is 18.9. The largest absolute Gasteiger partial charge is 0.416 e. The van der Waals surface area contributed by atoms with E-state index < -0.39 is 11.7 Å². The Morgan fingerprint density at radius 2 is 1.62 bits per heavy atom. The van der Waals surface area contributed by atoms with Crippen LogP contribution in [0.2, 0.25) is 10.2 Å². The first-order valence-corrected chi connectivity index (χ1v) is 8.71. The summed E-state index contributed by atoms with van der Waals surface area (Å²) in [6.07, 6.45) is -4.40. The van der Waals surface area contributed by atoms with E-state index in [1.165, 1.54) is 18.2 Å². The molecule has 0 atom stereocenters. The van der Waals surface area contributed by atoms with Gasteiger partial charge in [0.25, 0.3) is 0 Å². The molecule has 1 N–H and O–H groups in total. The number of halogens is 6. The number of anilines is 2. The number of nitrogens with zero attached hydrogens (tertiary/aromatic N) is 2. The SMILES string of the molecule is FC(F)(F)c1ccc(-c2nc(Cl)cc(Nc3ccc(Cl)cc3Br)n2)cc1. The van der Waals surface area contributed by atoms with Crippen LogP contribution < -0.4 is 5.32 Å². The van der Waals surface area contributed by atoms with Gasteiger partial charge in [-0.2, -0.15) is 13.2 Å². The molecule has 3 rings (SSSR count). The quantitative estimate of drug-likeness (QED) is 0.427. The second-order valence-corrected chi connectivity index (χ2v) is 6.90. The van der Waals surface area contributed by atoms with Crippen LogP contribution in [0, 0.1) is 0 Å². The van der Waals surface area contributed by atoms with Gasteiger partial charge in [-0.25, -0.2) is 9.97 Å². The number of nitrogens with one attached hydrogen (secondary N) is 1. The van der Waals surface area contributed by atoms with Crippen molar-refractivity contribution in [3.8, 4) is 11.4 Å². The third-order valence-electron chi connectivity index (χ3n) is 3.36. The van der Waals surface area contributed by atoms with E-state index >= 15 is 0 Å². The summed E-state index contributed by atoms with van der Waals surface area (Å²) in [6, 6.07) is 11.2. The number of alkyl halides is 3. The van der Waals surface area contributed by atoms with Gasteiger partial charge < -0.3 is 5.32 Å². The van der Waals surface area contributed by atoms with Crippen molar-refractivity contribution in [1.82, 2.24) is 9.97 Å². The molecule has 0 bridgehead atoms. The van der Waals surface area contributed by atoms with E-state index in [2.05, 4.69) is 31.2 Å². The first-order valence-electron chi connectivity index (χ1n) is 7.17. The third-order valence-corrected chi connectivity index (χ3v) is 4.44. The van der Waals surface area contributed by atoms with Crippen molar-refractivity contribution in [2.24, 2.45) is 0 Å². The van der Waals surface area contributed by atoms with Gasteiger partial charge in [0.15, 0.2) is 5.82 Å². The minimum atomic E-state index is -4.40. The standard InChI is InChI=1S/C17H9BrCl2F3N3/c18-12-7-11(19)5-6-13(12)24-15-8-14(20)25-16(26-15)9-1-3-10(4-2-9)17(21,22)23/h1-8H,(H,24,25,26). The predicted octanol–water partition coefficient (Wildman–Crippen LogP) is 6.98. The summed E-state index contributed by atoms with van der Waals surface area (Å²) in [6.45, 7) is 0. The lowest BCUT2D eigenvalue weighted by atomic mass is 10.1. The van der Waals surface area contributed by atoms with Crippen molar-refractivity contribution in [2.75, 3.05) is 5.32 Å². The normalized spacial score (nSPS) is 11.5. The van der Waals surface area contributed by atoms with Crippen LogP contribution in [-0.4, -0.2) is 9.97 Å². The monoisotopic (exact) mass is 461 g/mol. The van der Waals surface area contributed by atoms with Crippen molar-refractivity contribution >= 4 is 50.6 Å². The molecule has 0 fully saturated rings. The summed E-state index contributed by atoms with van der Waals surface area (Å²) in [4.78, 5) is 8.39. The highest BCUT2D eigenvalue weighted by molar-refractivity contribution is 9.10. The lowest BCUT2D eigenvalue weighted by Crippen LogP contribution is -2.04. The van der Waals surface area contributed by atoms with Gasteiger partial charge in [0, 0.05) is 21.1 Å². The van der Waals surface area contributed by atoms with E-state index in [0.717, 1.165) is 16.6 Å². The number of hydrogen-bond donors (Lipinski definition) is 1. The summed E-state index contributed by atoms with van der Waals surface area (Å²) in [7, 11) is 0. The van der Waals surface area contributed by atoms with E-state index in [0.29, 0.717) is 22.1 Å². The Labute approximate surface area is 165 Å². The van der Waals surface area contributed by atoms with Gasteiger partial charge in [-0.1, -0.05) is 35.3 Å². The van der Waals surface area contributed by atoms with Crippen LogP contribution in [0.15, 0.2) is 53.0 Å². The highest BCUT2D eigenvalue weighted by Gasteiger charge is 2.30. The lowest BCUT2D eigenvalue weighted by Gasteiger charge is -2.11. The molecular weight excluding hydrogens is 454 g/mol. The van der Waals surface area contributed by atoms with Crippen LogP contribution in [0.4, 0.5) is 24.7 Å². The second-order valence-electron chi connectivity index (χ2n) is 5.22. The minimum Gasteiger partial charge on any atom is -0.339 e. The fourth-order valence-electron chi connectivity index (χ4n) is 2.15. The van der Waals surface area contributed by atoms with Crippen molar-refractivity contribution in [3.63, 3.8) is 0 Å². The lowest BCUT2D eigenvalue weighted by molar-refractivity contribution is -0.137. The van der Waals surface area contributed by atoms with Gasteiger partial charge >= 0.3 is 6.18 Å². The molecule has 0 radical (unpaired) electrons. The smallest absolute Gasteiger partial charge is 0.339 e. The molecule has 1 heterocycles. The molecule has 0 saturated heterocycles. The molecule has 3 nitrogen and oxygen atoms in total. The fraction of sp³-hybridized carbons (Fsp3) is 0.0588. The van der Waals surface area contributed by atoms with Crippen LogP contribution in [0.3, 0.4) is 0 Å². The Morgan fingerprint density at radius 1 is 0.923 bits per heavy atom. The van der Waals surface area contributed by atoms with Crippen molar-refractivity contribution in [2.45, 2.75) is 6.18 Å². The van der Waals surface area contributed by atoms with E-state index in [4.69, 9.17) is 23.2 Å². The second kappa shape index (κ2) is 7.42. The Hall–Kier alpha value is -1.83. The maximum atomic E-state index is 12.7. The maximum Gasteiger partial charge on any atom is 0.416 e. The molecule has 2 aromatic carbocycles. The van der Waals surface area contributed by atoms with Crippen LogP contribution in [0.5, 0.6) is 0 Å². The van der Waals surface area contributed by atoms with Gasteiger partial charge in [0.1, 0.15) is 11.0 Å². The summed E-state index contributed by atoms with van der Waals surface area (Å²) in [5, 5.41) is 3.78. The number of hydrogen-bond acceptors (Lipinski definition) is 3. The maximum absolute atomic E-state index is 12.7. The van der Waals surface area contributed by atoms with E-state index in [1.54, 1.807) is 18.2 Å². The average molecular weight is 463 g/mol. The first kappa shape index (κ1) is 18.9. The topological polar surface area (TPSA) is 37.8 Å². The molecule has 0 spiro atoms. The van der Waals surface area contributed by atoms with Crippen LogP contribution in [0.25, 0.3) is 11.4 Å². The van der Waals surface area contributed by atoms with Gasteiger partial charge in [0.05, 0.1) is 11.3 Å². The number of aromatic nitrogens is 2. The van der Waals surface area contributed by atoms with Crippen molar-refractivity contribution in [3.05, 3.63) is 68.7 Å². The van der Waals surface area contributed by atoms with E-state index in [-0.39, 0.29) is 11.0 Å². The number of benzene rings is 2. The zero-order valence-electron chi connectivity index (χ0n) is 12.8. The van der Waals surface area contributed by atoms with Gasteiger partial charge in [0.2, 0.25) is 0 Å². The molecule has 26 heavy (non-hydrogen) atoms. The van der Waals surface area contributed by atoms with Crippen LogP contribution in [-0.2, 0) is 6.18 Å². The van der Waals surface area contributed by atoms with Gasteiger partial charge in [-0.3, -0.25) is 0 Å². The summed E-state index contributed by atoms with van der Waals surface area (Å²) in [5.74, 6) is 0.599. The van der Waals surface area contributed by atoms with Crippen LogP contribution >= 0.6 is 39.1 Å². The first-order chi connectivity index (χ1) is 12.2. The molecule has 1 aromatic heterocycles. The molecule has 3 aromatic rings. The van der Waals surface area contributed by atoms with Crippen molar-refractivity contribution in [1.29, 1.82) is 0 Å². The average Bonchev–Trinajstić information content (AvgIpc) is 2.56. The Kier molecular flexibility index (Phi) is 5.41. The fourth-order valence-corrected chi connectivity index (χ4v) is 3.11. The molecule has 0 aliphatic heterocycles. The molecule has 0 aliphatic carbocycles. The molecule has 0 aliphatic rings. The predicted molar refractivity (Wildman–Crippen MR) is 99.9 cm³/mol. The van der Waals surface area contributed by atoms with Gasteiger partial charge in [-0.15, -0.1) is 0 Å². The Balaban J connectivity index is 1.92. The van der Waals surface area contributed by atoms with E-state index in [9.17, 15) is 13.2 Å². The Morgan fingerprint density at radius 3 is 2.23 bits per heavy atom. The summed E-state index contributed by atoms with van der Waals surface area (Å²) in [5.41, 5.74) is 0.368. The molecule has 9 heteroatoms. The molecule has 0 unspecified atom stereocenters. The van der Waals surface area contributed by atoms with E-state index in [1.807, 2.05) is 0 Å². The molecular formula is C17H9BrCl2F3N3. The highest BCUT2D eigenvalue weighted by atomic mass is 79.9. The third kappa shape index (κ3) is 4.47. The minimum absolute atomic E-state index is 0.155. The van der Waals surface area contributed by atoms with Gasteiger partial charge in [-0.05, 0) is 46.3 Å². The molecule has 0 amide bonds.